The minimum Gasteiger partial charge on any atom is -0.462 e. The van der Waals surface area contributed by atoms with Crippen molar-refractivity contribution >= 4 is 46.0 Å². The molecule has 2 aliphatic heterocycles. The molecule has 8 heteroatoms. The monoisotopic (exact) mass is 419 g/mol. The van der Waals surface area contributed by atoms with Crippen molar-refractivity contribution < 1.29 is 14.3 Å². The van der Waals surface area contributed by atoms with Crippen LogP contribution in [0.5, 0.6) is 0 Å². The summed E-state index contributed by atoms with van der Waals surface area (Å²) in [5.41, 5.74) is 2.94. The summed E-state index contributed by atoms with van der Waals surface area (Å²) in [6.07, 6.45) is 1.64. The average Bonchev–Trinajstić information content (AvgIpc) is 3.17. The van der Waals surface area contributed by atoms with E-state index in [1.165, 1.54) is 30.4 Å². The van der Waals surface area contributed by atoms with Gasteiger partial charge in [-0.15, -0.1) is 0 Å². The third kappa shape index (κ3) is 3.55. The molecule has 2 heterocycles. The van der Waals surface area contributed by atoms with Crippen LogP contribution in [0.15, 0.2) is 40.0 Å². The number of allylic oxidation sites excluding steroid dienone is 1. The zero-order valence-electron chi connectivity index (χ0n) is 16.8. The highest BCUT2D eigenvalue weighted by atomic mass is 32.2. The summed E-state index contributed by atoms with van der Waals surface area (Å²) >= 11 is 2.78. The largest absolute Gasteiger partial charge is 0.462 e. The zero-order valence-corrected chi connectivity index (χ0v) is 18.4. The maximum atomic E-state index is 12.7. The van der Waals surface area contributed by atoms with Crippen molar-refractivity contribution in [3.8, 4) is 0 Å². The molecule has 2 aliphatic rings. The quantitative estimate of drug-likeness (QED) is 0.637. The van der Waals surface area contributed by atoms with Crippen LogP contribution in [0.3, 0.4) is 0 Å². The Labute approximate surface area is 174 Å². The first kappa shape index (κ1) is 20.8. The highest BCUT2D eigenvalue weighted by Gasteiger charge is 2.56. The van der Waals surface area contributed by atoms with E-state index in [0.717, 1.165) is 29.8 Å². The summed E-state index contributed by atoms with van der Waals surface area (Å²) < 4.78 is 4.55. The van der Waals surface area contributed by atoms with Crippen LogP contribution in [-0.2, 0) is 14.3 Å². The molecule has 3 rings (SSSR count). The Morgan fingerprint density at radius 3 is 2.43 bits per heavy atom. The lowest BCUT2D eigenvalue weighted by atomic mass is 10.2. The van der Waals surface area contributed by atoms with Gasteiger partial charge >= 0.3 is 5.97 Å². The highest BCUT2D eigenvalue weighted by molar-refractivity contribution is 8.28. The van der Waals surface area contributed by atoms with Gasteiger partial charge in [0.15, 0.2) is 10.8 Å². The van der Waals surface area contributed by atoms with Gasteiger partial charge in [-0.3, -0.25) is 4.79 Å². The van der Waals surface area contributed by atoms with E-state index in [2.05, 4.69) is 16.9 Å². The van der Waals surface area contributed by atoms with Crippen LogP contribution in [0, 0.1) is 6.92 Å². The van der Waals surface area contributed by atoms with Crippen molar-refractivity contribution in [2.45, 2.75) is 44.9 Å². The molecular formula is C20H25N3O3S2. The van der Waals surface area contributed by atoms with Crippen molar-refractivity contribution in [3.05, 3.63) is 40.4 Å². The Hall–Kier alpha value is -1.93. The molecular weight excluding hydrogens is 394 g/mol. The van der Waals surface area contributed by atoms with E-state index in [-0.39, 0.29) is 11.8 Å². The summed E-state index contributed by atoms with van der Waals surface area (Å²) in [7, 11) is 1.96. The number of esters is 1. The maximum Gasteiger partial charge on any atom is 0.346 e. The molecule has 150 valence electrons. The molecule has 0 saturated heterocycles. The lowest BCUT2D eigenvalue weighted by Gasteiger charge is -2.39. The van der Waals surface area contributed by atoms with Gasteiger partial charge in [0.25, 0.3) is 0 Å². The lowest BCUT2D eigenvalue weighted by Crippen LogP contribution is -2.47. The first-order valence-corrected chi connectivity index (χ1v) is 11.0. The maximum absolute atomic E-state index is 12.7. The van der Waals surface area contributed by atoms with Crippen LogP contribution >= 0.6 is 23.5 Å². The fraction of sp³-hybridized carbons (Fsp3) is 0.450. The summed E-state index contributed by atoms with van der Waals surface area (Å²) in [6, 6.07) is 8.00. The van der Waals surface area contributed by atoms with Crippen molar-refractivity contribution in [1.82, 2.24) is 4.90 Å². The molecule has 1 aromatic rings. The Kier molecular flexibility index (Phi) is 6.09. The van der Waals surface area contributed by atoms with Crippen LogP contribution in [-0.4, -0.2) is 39.7 Å². The molecule has 0 amide bonds. The summed E-state index contributed by atoms with van der Waals surface area (Å²) in [5, 5.41) is 6.91. The van der Waals surface area contributed by atoms with Crippen LogP contribution in [0.1, 0.15) is 39.2 Å². The van der Waals surface area contributed by atoms with E-state index in [1.807, 2.05) is 43.2 Å². The Morgan fingerprint density at radius 2 is 1.86 bits per heavy atom. The van der Waals surface area contributed by atoms with E-state index >= 15 is 0 Å². The molecule has 1 unspecified atom stereocenters. The van der Waals surface area contributed by atoms with Gasteiger partial charge in [0, 0.05) is 19.7 Å². The van der Waals surface area contributed by atoms with Gasteiger partial charge in [0.05, 0.1) is 12.3 Å². The van der Waals surface area contributed by atoms with Crippen LogP contribution in [0.2, 0.25) is 0 Å². The second-order valence-electron chi connectivity index (χ2n) is 6.67. The number of carbonyl (C=O) groups excluding carboxylic acids is 2. The summed E-state index contributed by atoms with van der Waals surface area (Å²) in [4.78, 5) is 27.5. The molecule has 0 aromatic heterocycles. The lowest BCUT2D eigenvalue weighted by molar-refractivity contribution is -0.137. The molecule has 0 radical (unpaired) electrons. The Morgan fingerprint density at radius 1 is 1.18 bits per heavy atom. The van der Waals surface area contributed by atoms with Crippen LogP contribution in [0.4, 0.5) is 5.69 Å². The van der Waals surface area contributed by atoms with Crippen molar-refractivity contribution in [2.24, 2.45) is 5.10 Å². The minimum atomic E-state index is -0.761. The fourth-order valence-electron chi connectivity index (χ4n) is 3.12. The minimum absolute atomic E-state index is 0.0883. The van der Waals surface area contributed by atoms with Gasteiger partial charge in [-0.1, -0.05) is 42.8 Å². The van der Waals surface area contributed by atoms with Crippen LogP contribution in [0.25, 0.3) is 0 Å². The van der Waals surface area contributed by atoms with E-state index in [0.29, 0.717) is 16.6 Å². The first-order chi connectivity index (χ1) is 13.3. The molecule has 0 aliphatic carbocycles. The second-order valence-corrected chi connectivity index (χ2v) is 9.27. The van der Waals surface area contributed by atoms with Crippen molar-refractivity contribution in [1.29, 1.82) is 0 Å². The molecule has 0 fully saturated rings. The number of carbonyl (C=O) groups is 2. The SMILES string of the molecule is CCCC1=C(C(=O)OCC)SC2(SC(C(C)=O)=NN2c2ccc(C)cc2)N1C. The molecule has 1 atom stereocenters. The number of hydrogen-bond donors (Lipinski definition) is 0. The number of thioether (sulfide) groups is 2. The van der Waals surface area contributed by atoms with Gasteiger partial charge < -0.3 is 9.64 Å². The third-order valence-electron chi connectivity index (χ3n) is 4.54. The van der Waals surface area contributed by atoms with Gasteiger partial charge in [0.2, 0.25) is 4.33 Å². The van der Waals surface area contributed by atoms with E-state index < -0.39 is 4.33 Å². The number of aryl methyl sites for hydroxylation is 1. The zero-order chi connectivity index (χ0) is 20.5. The normalized spacial score (nSPS) is 21.5. The fourth-order valence-corrected chi connectivity index (χ4v) is 6.02. The number of ether oxygens (including phenoxy) is 1. The van der Waals surface area contributed by atoms with Crippen molar-refractivity contribution in [3.63, 3.8) is 0 Å². The van der Waals surface area contributed by atoms with Gasteiger partial charge in [-0.25, -0.2) is 9.80 Å². The average molecular weight is 420 g/mol. The van der Waals surface area contributed by atoms with Gasteiger partial charge in [-0.2, -0.15) is 5.10 Å². The number of anilines is 1. The number of ketones is 1. The van der Waals surface area contributed by atoms with E-state index in [4.69, 9.17) is 4.74 Å². The first-order valence-electron chi connectivity index (χ1n) is 9.32. The molecule has 0 N–H and O–H groups in total. The number of hydrazone groups is 1. The van der Waals surface area contributed by atoms with Crippen molar-refractivity contribution in [2.75, 3.05) is 18.7 Å². The molecule has 6 nitrogen and oxygen atoms in total. The highest BCUT2D eigenvalue weighted by Crippen LogP contribution is 2.59. The third-order valence-corrected chi connectivity index (χ3v) is 7.64. The predicted molar refractivity (Wildman–Crippen MR) is 116 cm³/mol. The van der Waals surface area contributed by atoms with E-state index in [9.17, 15) is 9.59 Å². The molecule has 1 spiro atoms. The Balaban J connectivity index is 2.06. The second kappa shape index (κ2) is 8.21. The molecule has 1 aromatic carbocycles. The standard InChI is InChI=1S/C20H25N3O3S2/c1-6-8-16-17(19(25)26-7-2)27-20(22(16)5)23(21-18(28-20)14(4)24)15-11-9-13(3)10-12-15/h9-12H,6-8H2,1-5H3. The number of benzene rings is 1. The topological polar surface area (TPSA) is 62.2 Å². The van der Waals surface area contributed by atoms with Crippen LogP contribution < -0.4 is 5.01 Å². The van der Waals surface area contributed by atoms with Gasteiger partial charge in [-0.05, 0) is 44.2 Å². The number of Topliss-reactive ketones (excluding diaryl/α,β-unsaturated/α-hetero) is 1. The number of hydrogen-bond acceptors (Lipinski definition) is 8. The number of rotatable bonds is 6. The van der Waals surface area contributed by atoms with E-state index in [1.54, 1.807) is 6.92 Å². The van der Waals surface area contributed by atoms with Gasteiger partial charge in [0.1, 0.15) is 4.91 Å². The predicted octanol–water partition coefficient (Wildman–Crippen LogP) is 4.32. The molecule has 0 saturated carbocycles. The summed E-state index contributed by atoms with van der Waals surface area (Å²) in [5.74, 6) is -0.407. The Bertz CT molecular complexity index is 851. The smallest absolute Gasteiger partial charge is 0.346 e. The molecule has 0 bridgehead atoms. The summed E-state index contributed by atoms with van der Waals surface area (Å²) in [6.45, 7) is 7.75. The number of nitrogens with zero attached hydrogens (tertiary/aromatic N) is 3. The molecule has 28 heavy (non-hydrogen) atoms.